The molecule has 1 aliphatic rings. The first-order valence-electron chi connectivity index (χ1n) is 24.8. The van der Waals surface area contributed by atoms with Gasteiger partial charge in [-0.2, -0.15) is 0 Å². The van der Waals surface area contributed by atoms with Crippen molar-refractivity contribution < 1.29 is 0 Å². The second-order valence-electron chi connectivity index (χ2n) is 18.8. The summed E-state index contributed by atoms with van der Waals surface area (Å²) in [6.45, 7) is 0. The fourth-order valence-electron chi connectivity index (χ4n) is 11.4. The lowest BCUT2D eigenvalue weighted by atomic mass is 9.82. The lowest BCUT2D eigenvalue weighted by molar-refractivity contribution is 1.18. The van der Waals surface area contributed by atoms with Crippen LogP contribution in [-0.2, 0) is 0 Å². The topological polar surface area (TPSA) is 8.17 Å². The maximum Gasteiger partial charge on any atom is 0.0561 e. The zero-order chi connectivity index (χ0) is 47.5. The van der Waals surface area contributed by atoms with E-state index in [0.29, 0.717) is 0 Å². The van der Waals surface area contributed by atoms with E-state index in [-0.39, 0.29) is 0 Å². The molecule has 2 nitrogen and oxygen atoms in total. The van der Waals surface area contributed by atoms with Gasteiger partial charge in [-0.25, -0.2) is 0 Å². The minimum absolute atomic E-state index is 1.10. The molecule has 1 heterocycles. The van der Waals surface area contributed by atoms with E-state index in [4.69, 9.17) is 0 Å². The largest absolute Gasteiger partial charge is 0.310 e. The number of nitrogens with zero attached hydrogens (tertiary/aromatic N) is 2. The van der Waals surface area contributed by atoms with Crippen molar-refractivity contribution in [2.24, 2.45) is 0 Å². The van der Waals surface area contributed by atoms with E-state index in [1.165, 1.54) is 93.5 Å². The van der Waals surface area contributed by atoms with Crippen LogP contribution in [0.2, 0.25) is 0 Å². The fourth-order valence-corrected chi connectivity index (χ4v) is 11.4. The smallest absolute Gasteiger partial charge is 0.0561 e. The zero-order valence-corrected chi connectivity index (χ0v) is 39.5. The van der Waals surface area contributed by atoms with Gasteiger partial charge in [0.25, 0.3) is 0 Å². The van der Waals surface area contributed by atoms with Crippen molar-refractivity contribution in [1.29, 1.82) is 0 Å². The maximum absolute atomic E-state index is 2.45. The average molecular weight is 915 g/mol. The molecular formula is C70H46N2. The lowest BCUT2D eigenvalue weighted by Crippen LogP contribution is -2.09. The Morgan fingerprint density at radius 1 is 0.292 bits per heavy atom. The molecule has 13 aromatic rings. The van der Waals surface area contributed by atoms with E-state index in [9.17, 15) is 0 Å². The van der Waals surface area contributed by atoms with E-state index < -0.39 is 0 Å². The van der Waals surface area contributed by atoms with E-state index in [1.54, 1.807) is 0 Å². The van der Waals surface area contributed by atoms with E-state index in [2.05, 4.69) is 289 Å². The van der Waals surface area contributed by atoms with Crippen molar-refractivity contribution in [3.8, 4) is 61.3 Å². The monoisotopic (exact) mass is 914 g/mol. The van der Waals surface area contributed by atoms with Crippen molar-refractivity contribution in [2.45, 2.75) is 0 Å². The summed E-state index contributed by atoms with van der Waals surface area (Å²) in [5.41, 5.74) is 21.8. The molecule has 0 unspecified atom stereocenters. The Morgan fingerprint density at radius 2 is 0.819 bits per heavy atom. The Labute approximate surface area is 419 Å². The number of hydrogen-bond donors (Lipinski definition) is 0. The third kappa shape index (κ3) is 6.95. The summed E-state index contributed by atoms with van der Waals surface area (Å²) in [4.78, 5) is 2.33. The summed E-state index contributed by atoms with van der Waals surface area (Å²) in [6.07, 6.45) is 4.50. The molecule has 0 fully saturated rings. The van der Waals surface area contributed by atoms with Crippen LogP contribution in [0.1, 0.15) is 11.1 Å². The van der Waals surface area contributed by atoms with E-state index >= 15 is 0 Å². The SMILES string of the molecule is C(=C\c1ccc2c3ccc(N(c4ccccc4)c4ccccc4)cc3n(-c3ccccc3)c2c1)/c1ccc2cc(-c3cc(-c4ccccc4)c4c(c3-c3ccccc3)-c3cccc5cccc-4c35)ccc2c1. The molecule has 0 saturated carbocycles. The molecule has 0 saturated heterocycles. The Bertz CT molecular complexity index is 4190. The molecule has 336 valence electrons. The zero-order valence-electron chi connectivity index (χ0n) is 39.5. The number of fused-ring (bicyclic) bond motifs is 7. The molecule has 0 aliphatic heterocycles. The summed E-state index contributed by atoms with van der Waals surface area (Å²) in [7, 11) is 0. The van der Waals surface area contributed by atoms with Crippen LogP contribution in [0, 0.1) is 0 Å². The minimum atomic E-state index is 1.10. The van der Waals surface area contributed by atoms with Gasteiger partial charge in [-0.15, -0.1) is 0 Å². The van der Waals surface area contributed by atoms with Crippen LogP contribution in [0.5, 0.6) is 0 Å². The number of anilines is 3. The molecular weight excluding hydrogens is 869 g/mol. The highest BCUT2D eigenvalue weighted by molar-refractivity contribution is 6.23. The normalized spacial score (nSPS) is 11.8. The molecule has 0 radical (unpaired) electrons. The molecule has 0 amide bonds. The Balaban J connectivity index is 0.858. The standard InChI is InChI=1S/C70H46N2/c1-6-18-49(19-7-1)63-46-64(68(51-20-8-2-9-21-51)70-62-31-17-23-50-22-16-30-61(67(50)62)69(63)70)54-38-37-52-42-47(34-36-53(52)44-54)32-33-48-35-40-59-60-41-39-58(45-66(60)72(65(59)43-48)57-28-14-5-15-29-57)71(55-24-10-3-11-25-55)56-26-12-4-13-27-56/h1-46H/b33-32+. The highest BCUT2D eigenvalue weighted by Crippen LogP contribution is 2.57. The predicted octanol–water partition coefficient (Wildman–Crippen LogP) is 19.4. The van der Waals surface area contributed by atoms with Crippen LogP contribution in [-0.4, -0.2) is 4.57 Å². The minimum Gasteiger partial charge on any atom is -0.310 e. The van der Waals surface area contributed by atoms with E-state index in [0.717, 1.165) is 39.4 Å². The van der Waals surface area contributed by atoms with Gasteiger partial charge in [-0.1, -0.05) is 206 Å². The van der Waals surface area contributed by atoms with Gasteiger partial charge >= 0.3 is 0 Å². The van der Waals surface area contributed by atoms with Crippen LogP contribution >= 0.6 is 0 Å². The van der Waals surface area contributed by atoms with Gasteiger partial charge in [0.2, 0.25) is 0 Å². The fraction of sp³-hybridized carbons (Fsp3) is 0. The van der Waals surface area contributed by atoms with Gasteiger partial charge in [-0.05, 0) is 161 Å². The molecule has 72 heavy (non-hydrogen) atoms. The molecule has 12 aromatic carbocycles. The lowest BCUT2D eigenvalue weighted by Gasteiger charge is -2.25. The van der Waals surface area contributed by atoms with Crippen LogP contribution in [0.25, 0.3) is 117 Å². The molecule has 0 N–H and O–H groups in total. The molecule has 1 aliphatic carbocycles. The summed E-state index contributed by atoms with van der Waals surface area (Å²) >= 11 is 0. The van der Waals surface area contributed by atoms with Gasteiger partial charge in [0.05, 0.1) is 11.0 Å². The molecule has 1 aromatic heterocycles. The van der Waals surface area contributed by atoms with Gasteiger partial charge < -0.3 is 9.47 Å². The van der Waals surface area contributed by atoms with Crippen molar-refractivity contribution in [2.75, 3.05) is 4.90 Å². The van der Waals surface area contributed by atoms with Gasteiger partial charge in [0, 0.05) is 33.5 Å². The first-order chi connectivity index (χ1) is 35.7. The van der Waals surface area contributed by atoms with Crippen LogP contribution in [0.15, 0.2) is 267 Å². The maximum atomic E-state index is 2.45. The Morgan fingerprint density at radius 3 is 1.50 bits per heavy atom. The third-order valence-electron chi connectivity index (χ3n) is 14.6. The predicted molar refractivity (Wildman–Crippen MR) is 307 cm³/mol. The summed E-state index contributed by atoms with van der Waals surface area (Å²) < 4.78 is 2.42. The number of para-hydroxylation sites is 3. The average Bonchev–Trinajstić information content (AvgIpc) is 3.96. The summed E-state index contributed by atoms with van der Waals surface area (Å²) in [5, 5.41) is 7.47. The van der Waals surface area contributed by atoms with Crippen molar-refractivity contribution in [3.05, 3.63) is 278 Å². The van der Waals surface area contributed by atoms with Crippen LogP contribution in [0.3, 0.4) is 0 Å². The first-order valence-corrected chi connectivity index (χ1v) is 24.8. The number of rotatable bonds is 9. The van der Waals surface area contributed by atoms with E-state index in [1.807, 2.05) is 0 Å². The van der Waals surface area contributed by atoms with Crippen molar-refractivity contribution in [3.63, 3.8) is 0 Å². The Kier molecular flexibility index (Phi) is 9.89. The van der Waals surface area contributed by atoms with Crippen molar-refractivity contribution >= 4 is 72.6 Å². The number of hydrogen-bond acceptors (Lipinski definition) is 1. The second kappa shape index (κ2) is 17.2. The number of aromatic nitrogens is 1. The summed E-state index contributed by atoms with van der Waals surface area (Å²) in [5.74, 6) is 0. The summed E-state index contributed by atoms with van der Waals surface area (Å²) in [6, 6.07) is 97.5. The van der Waals surface area contributed by atoms with Crippen molar-refractivity contribution in [1.82, 2.24) is 4.57 Å². The third-order valence-corrected chi connectivity index (χ3v) is 14.6. The first kappa shape index (κ1) is 41.5. The molecule has 2 heteroatoms. The van der Waals surface area contributed by atoms with Gasteiger partial charge in [0.15, 0.2) is 0 Å². The molecule has 14 rings (SSSR count). The molecule has 0 spiro atoms. The van der Waals surface area contributed by atoms with Gasteiger partial charge in [0.1, 0.15) is 0 Å². The highest BCUT2D eigenvalue weighted by Gasteiger charge is 2.30. The van der Waals surface area contributed by atoms with Crippen LogP contribution in [0.4, 0.5) is 17.1 Å². The molecule has 0 atom stereocenters. The second-order valence-corrected chi connectivity index (χ2v) is 18.8. The Hall–Kier alpha value is -9.50. The van der Waals surface area contributed by atoms with Crippen LogP contribution < -0.4 is 4.90 Å². The molecule has 0 bridgehead atoms. The van der Waals surface area contributed by atoms with Gasteiger partial charge in [-0.3, -0.25) is 0 Å². The highest BCUT2D eigenvalue weighted by atomic mass is 15.1. The number of benzene rings is 12. The quantitative estimate of drug-likeness (QED) is 0.131.